The first kappa shape index (κ1) is 24.6. The van der Waals surface area contributed by atoms with E-state index in [1.807, 2.05) is 24.0 Å². The van der Waals surface area contributed by atoms with Crippen molar-refractivity contribution < 1.29 is 9.18 Å². The van der Waals surface area contributed by atoms with Gasteiger partial charge in [0, 0.05) is 50.9 Å². The summed E-state index contributed by atoms with van der Waals surface area (Å²) in [4.78, 5) is 20.0. The van der Waals surface area contributed by atoms with Crippen molar-refractivity contribution in [3.63, 3.8) is 0 Å². The van der Waals surface area contributed by atoms with Crippen LogP contribution in [0.25, 0.3) is 6.08 Å². The number of carbonyl (C=O) groups is 1. The van der Waals surface area contributed by atoms with Gasteiger partial charge in [-0.25, -0.2) is 4.39 Å². The van der Waals surface area contributed by atoms with Crippen LogP contribution >= 0.6 is 0 Å². The summed E-state index contributed by atoms with van der Waals surface area (Å²) >= 11 is 0. The predicted molar refractivity (Wildman–Crippen MR) is 139 cm³/mol. The van der Waals surface area contributed by atoms with Crippen LogP contribution in [0.2, 0.25) is 0 Å². The van der Waals surface area contributed by atoms with Crippen molar-refractivity contribution in [1.82, 2.24) is 9.80 Å². The number of likely N-dealkylation sites (N-methyl/N-ethyl adjacent to an activating group) is 1. The normalized spacial score (nSPS) is 22.6. The Balaban J connectivity index is 1.48. The molecule has 5 heteroatoms. The number of rotatable bonds is 6. The van der Waals surface area contributed by atoms with Crippen LogP contribution in [0.15, 0.2) is 42.5 Å². The first-order chi connectivity index (χ1) is 16.3. The Hall–Kier alpha value is -2.50. The van der Waals surface area contributed by atoms with E-state index in [1.54, 1.807) is 6.07 Å². The molecule has 0 bridgehead atoms. The molecule has 0 radical (unpaired) electrons. The second-order valence-corrected chi connectivity index (χ2v) is 10.3. The van der Waals surface area contributed by atoms with E-state index in [1.165, 1.54) is 11.6 Å². The zero-order valence-corrected chi connectivity index (χ0v) is 21.1. The fourth-order valence-electron chi connectivity index (χ4n) is 5.49. The van der Waals surface area contributed by atoms with Crippen molar-refractivity contribution in [2.24, 2.45) is 11.8 Å². The van der Waals surface area contributed by atoms with E-state index >= 15 is 0 Å². The molecular formula is C29H38FN3O. The van der Waals surface area contributed by atoms with Crippen molar-refractivity contribution >= 4 is 17.7 Å². The molecule has 0 aliphatic carbocycles. The Labute approximate surface area is 204 Å². The molecule has 34 heavy (non-hydrogen) atoms. The standard InChI is InChI=1S/C29H38FN3O/c1-21-16-24(8-7-11-32-14-12-31(4)13-15-32)17-22(2)28(21)33-20-25(18-23(3)29(33)34)19-26-9-5-6-10-27(26)30/h5-10,16-17,23,25H,11-15,18-20H2,1-4H3/b8-7-/t23-,25-/m1/s1. The average molecular weight is 464 g/mol. The summed E-state index contributed by atoms with van der Waals surface area (Å²) in [7, 11) is 2.18. The summed E-state index contributed by atoms with van der Waals surface area (Å²) in [5.74, 6) is 0.201. The Morgan fingerprint density at radius 1 is 1.06 bits per heavy atom. The average Bonchev–Trinajstić information content (AvgIpc) is 2.79. The van der Waals surface area contributed by atoms with Gasteiger partial charge in [-0.1, -0.05) is 37.3 Å². The number of amides is 1. The fraction of sp³-hybridized carbons (Fsp3) is 0.483. The molecule has 2 atom stereocenters. The van der Waals surface area contributed by atoms with Gasteiger partial charge in [0.1, 0.15) is 5.82 Å². The highest BCUT2D eigenvalue weighted by atomic mass is 19.1. The van der Waals surface area contributed by atoms with Gasteiger partial charge in [-0.3, -0.25) is 9.69 Å². The first-order valence-corrected chi connectivity index (χ1v) is 12.5. The van der Waals surface area contributed by atoms with Crippen LogP contribution in [0.3, 0.4) is 0 Å². The molecule has 2 heterocycles. The molecule has 1 amide bonds. The van der Waals surface area contributed by atoms with Gasteiger partial charge in [0.2, 0.25) is 5.91 Å². The zero-order chi connectivity index (χ0) is 24.2. The molecule has 4 nitrogen and oxygen atoms in total. The number of anilines is 1. The van der Waals surface area contributed by atoms with E-state index in [-0.39, 0.29) is 23.6 Å². The van der Waals surface area contributed by atoms with E-state index in [9.17, 15) is 9.18 Å². The monoisotopic (exact) mass is 463 g/mol. The van der Waals surface area contributed by atoms with Crippen LogP contribution in [0.5, 0.6) is 0 Å². The van der Waals surface area contributed by atoms with Crippen LogP contribution in [-0.2, 0) is 11.2 Å². The van der Waals surface area contributed by atoms with Gasteiger partial charge >= 0.3 is 0 Å². The molecule has 0 aromatic heterocycles. The third-order valence-electron chi connectivity index (χ3n) is 7.33. The third kappa shape index (κ3) is 5.76. The van der Waals surface area contributed by atoms with E-state index in [2.05, 4.69) is 55.0 Å². The van der Waals surface area contributed by atoms with E-state index < -0.39 is 0 Å². The fourth-order valence-corrected chi connectivity index (χ4v) is 5.49. The van der Waals surface area contributed by atoms with Crippen molar-refractivity contribution in [1.29, 1.82) is 0 Å². The maximum atomic E-state index is 14.3. The van der Waals surface area contributed by atoms with Gasteiger partial charge < -0.3 is 9.80 Å². The largest absolute Gasteiger partial charge is 0.311 e. The zero-order valence-electron chi connectivity index (χ0n) is 21.1. The van der Waals surface area contributed by atoms with Gasteiger partial charge in [-0.05, 0) is 80.1 Å². The Bertz CT molecular complexity index is 1020. The Morgan fingerprint density at radius 2 is 1.74 bits per heavy atom. The minimum Gasteiger partial charge on any atom is -0.311 e. The quantitative estimate of drug-likeness (QED) is 0.608. The van der Waals surface area contributed by atoms with Gasteiger partial charge in [0.05, 0.1) is 0 Å². The van der Waals surface area contributed by atoms with E-state index in [0.29, 0.717) is 13.0 Å². The summed E-state index contributed by atoms with van der Waals surface area (Å²) < 4.78 is 14.3. The van der Waals surface area contributed by atoms with Gasteiger partial charge in [-0.2, -0.15) is 0 Å². The third-order valence-corrected chi connectivity index (χ3v) is 7.33. The summed E-state index contributed by atoms with van der Waals surface area (Å²) in [5, 5.41) is 0. The number of benzene rings is 2. The Kier molecular flexibility index (Phi) is 7.84. The summed E-state index contributed by atoms with van der Waals surface area (Å²) in [6.07, 6.45) is 5.91. The van der Waals surface area contributed by atoms with Crippen molar-refractivity contribution in [3.05, 3.63) is 70.5 Å². The maximum Gasteiger partial charge on any atom is 0.229 e. The van der Waals surface area contributed by atoms with Gasteiger partial charge in [0.25, 0.3) is 0 Å². The lowest BCUT2D eigenvalue weighted by molar-refractivity contribution is -0.124. The van der Waals surface area contributed by atoms with Crippen LogP contribution in [0, 0.1) is 31.5 Å². The molecule has 182 valence electrons. The summed E-state index contributed by atoms with van der Waals surface area (Å²) in [6, 6.07) is 11.4. The number of piperidine rings is 1. The topological polar surface area (TPSA) is 26.8 Å². The second kappa shape index (κ2) is 10.8. The van der Waals surface area contributed by atoms with Crippen LogP contribution in [0.4, 0.5) is 10.1 Å². The molecule has 0 unspecified atom stereocenters. The number of aryl methyl sites for hydroxylation is 2. The molecule has 2 aromatic carbocycles. The van der Waals surface area contributed by atoms with Crippen molar-refractivity contribution in [3.8, 4) is 0 Å². The molecule has 0 saturated carbocycles. The van der Waals surface area contributed by atoms with E-state index in [0.717, 1.165) is 61.5 Å². The lowest BCUT2D eigenvalue weighted by atomic mass is 9.84. The highest BCUT2D eigenvalue weighted by molar-refractivity contribution is 5.97. The predicted octanol–water partition coefficient (Wildman–Crippen LogP) is 4.93. The number of carbonyl (C=O) groups excluding carboxylic acids is 1. The molecule has 0 N–H and O–H groups in total. The molecule has 2 saturated heterocycles. The lowest BCUT2D eigenvalue weighted by Crippen LogP contribution is -2.46. The number of hydrogen-bond acceptors (Lipinski definition) is 3. The Morgan fingerprint density at radius 3 is 2.41 bits per heavy atom. The first-order valence-electron chi connectivity index (χ1n) is 12.5. The van der Waals surface area contributed by atoms with Gasteiger partial charge in [0.15, 0.2) is 0 Å². The molecule has 2 aliphatic heterocycles. The van der Waals surface area contributed by atoms with Crippen molar-refractivity contribution in [2.45, 2.75) is 33.6 Å². The SMILES string of the molecule is Cc1cc(/C=C\CN2CCN(C)CC2)cc(C)c1N1C[C@@H](Cc2ccccc2F)C[C@@H](C)C1=O. The molecule has 2 aliphatic rings. The summed E-state index contributed by atoms with van der Waals surface area (Å²) in [6.45, 7) is 12.3. The molecule has 2 aromatic rings. The van der Waals surface area contributed by atoms with Crippen LogP contribution < -0.4 is 4.90 Å². The minimum atomic E-state index is -0.154. The minimum absolute atomic E-state index is 0.0625. The molecule has 0 spiro atoms. The molecular weight excluding hydrogens is 425 g/mol. The number of hydrogen-bond donors (Lipinski definition) is 0. The lowest BCUT2D eigenvalue weighted by Gasteiger charge is -2.38. The van der Waals surface area contributed by atoms with Gasteiger partial charge in [-0.15, -0.1) is 0 Å². The van der Waals surface area contributed by atoms with Crippen LogP contribution in [0.1, 0.15) is 35.6 Å². The summed E-state index contributed by atoms with van der Waals surface area (Å²) in [5.41, 5.74) is 5.17. The maximum absolute atomic E-state index is 14.3. The van der Waals surface area contributed by atoms with E-state index in [4.69, 9.17) is 0 Å². The highest BCUT2D eigenvalue weighted by Gasteiger charge is 2.34. The molecule has 4 rings (SSSR count). The van der Waals surface area contributed by atoms with Crippen molar-refractivity contribution in [2.75, 3.05) is 51.2 Å². The molecule has 2 fully saturated rings. The van der Waals surface area contributed by atoms with Crippen LogP contribution in [-0.4, -0.2) is 62.0 Å². The number of nitrogens with zero attached hydrogens (tertiary/aromatic N) is 3. The number of piperazine rings is 1. The second-order valence-electron chi connectivity index (χ2n) is 10.3. The number of halogens is 1. The smallest absolute Gasteiger partial charge is 0.229 e. The highest BCUT2D eigenvalue weighted by Crippen LogP contribution is 2.34.